The number of amides is 1. The Balaban J connectivity index is 1.85. The molecule has 0 aliphatic rings. The predicted molar refractivity (Wildman–Crippen MR) is 86.5 cm³/mol. The number of anilines is 2. The lowest BCUT2D eigenvalue weighted by Gasteiger charge is -2.03. The summed E-state index contributed by atoms with van der Waals surface area (Å²) in [6.45, 7) is 0. The van der Waals surface area contributed by atoms with Crippen molar-refractivity contribution in [1.82, 2.24) is 10.5 Å². The minimum atomic E-state index is -0.591. The number of benzene rings is 2. The Morgan fingerprint density at radius 3 is 2.78 bits per heavy atom. The summed E-state index contributed by atoms with van der Waals surface area (Å²) < 4.78 is 13.6. The highest BCUT2D eigenvalue weighted by atomic mass is 32.1. The van der Waals surface area contributed by atoms with Gasteiger partial charge in [-0.1, -0.05) is 24.3 Å². The van der Waals surface area contributed by atoms with Crippen LogP contribution in [0.5, 0.6) is 0 Å². The highest BCUT2D eigenvalue weighted by Crippen LogP contribution is 2.28. The summed E-state index contributed by atoms with van der Waals surface area (Å²) in [5.41, 5.74) is 3.64. The number of carbonyl (C=O) groups excluding carboxylic acids is 1. The third kappa shape index (κ3) is 3.36. The van der Waals surface area contributed by atoms with Gasteiger partial charge in [-0.3, -0.25) is 10.0 Å². The van der Waals surface area contributed by atoms with Crippen LogP contribution in [0.15, 0.2) is 53.9 Å². The molecular formula is C16H12FN3O2S. The van der Waals surface area contributed by atoms with Crippen molar-refractivity contribution in [2.75, 3.05) is 5.32 Å². The van der Waals surface area contributed by atoms with Crippen LogP contribution in [-0.4, -0.2) is 16.1 Å². The van der Waals surface area contributed by atoms with E-state index >= 15 is 0 Å². The van der Waals surface area contributed by atoms with Crippen LogP contribution in [0.3, 0.4) is 0 Å². The fourth-order valence-corrected chi connectivity index (χ4v) is 2.76. The van der Waals surface area contributed by atoms with E-state index in [0.717, 1.165) is 5.56 Å². The van der Waals surface area contributed by atoms with Crippen LogP contribution < -0.4 is 10.8 Å². The first-order valence-electron chi connectivity index (χ1n) is 6.69. The van der Waals surface area contributed by atoms with Crippen molar-refractivity contribution in [2.24, 2.45) is 0 Å². The van der Waals surface area contributed by atoms with Gasteiger partial charge in [0.15, 0.2) is 5.13 Å². The number of halogens is 1. The molecule has 0 bridgehead atoms. The number of aromatic nitrogens is 1. The Morgan fingerprint density at radius 2 is 2.00 bits per heavy atom. The van der Waals surface area contributed by atoms with Gasteiger partial charge in [0.25, 0.3) is 5.91 Å². The van der Waals surface area contributed by atoms with Crippen LogP contribution in [0, 0.1) is 5.82 Å². The van der Waals surface area contributed by atoms with E-state index in [0.29, 0.717) is 22.1 Å². The minimum absolute atomic E-state index is 0.321. The number of nitrogens with one attached hydrogen (secondary N) is 2. The van der Waals surface area contributed by atoms with E-state index in [1.165, 1.54) is 17.4 Å². The zero-order valence-electron chi connectivity index (χ0n) is 11.8. The molecule has 0 unspecified atom stereocenters. The maximum absolute atomic E-state index is 13.6. The zero-order chi connectivity index (χ0) is 16.2. The van der Waals surface area contributed by atoms with Crippen LogP contribution in [-0.2, 0) is 0 Å². The van der Waals surface area contributed by atoms with E-state index in [1.54, 1.807) is 53.3 Å². The molecule has 23 heavy (non-hydrogen) atoms. The Morgan fingerprint density at radius 1 is 1.17 bits per heavy atom. The molecule has 1 heterocycles. The number of hydrogen-bond acceptors (Lipinski definition) is 5. The summed E-state index contributed by atoms with van der Waals surface area (Å²) in [7, 11) is 0. The fraction of sp³-hybridized carbons (Fsp3) is 0. The zero-order valence-corrected chi connectivity index (χ0v) is 12.6. The molecule has 0 aliphatic carbocycles. The van der Waals surface area contributed by atoms with E-state index < -0.39 is 5.91 Å². The Bertz CT molecular complexity index is 851. The molecule has 0 saturated heterocycles. The van der Waals surface area contributed by atoms with Crippen molar-refractivity contribution in [3.63, 3.8) is 0 Å². The Kier molecular flexibility index (Phi) is 4.31. The summed E-state index contributed by atoms with van der Waals surface area (Å²) in [6, 6.07) is 13.0. The Hall–Kier alpha value is -2.77. The van der Waals surface area contributed by atoms with Crippen molar-refractivity contribution in [3.05, 3.63) is 65.3 Å². The van der Waals surface area contributed by atoms with E-state index in [1.807, 2.05) is 0 Å². The number of para-hydroxylation sites is 1. The molecule has 3 N–H and O–H groups in total. The van der Waals surface area contributed by atoms with Gasteiger partial charge in [-0.05, 0) is 24.3 Å². The van der Waals surface area contributed by atoms with Crippen molar-refractivity contribution < 1.29 is 14.4 Å². The number of carbonyl (C=O) groups is 1. The molecule has 0 radical (unpaired) electrons. The molecule has 0 spiro atoms. The normalized spacial score (nSPS) is 10.3. The number of thiazole rings is 1. The van der Waals surface area contributed by atoms with Gasteiger partial charge in [-0.2, -0.15) is 0 Å². The third-order valence-corrected chi connectivity index (χ3v) is 3.90. The van der Waals surface area contributed by atoms with Crippen LogP contribution in [0.1, 0.15) is 10.4 Å². The molecule has 0 atom stereocenters. The van der Waals surface area contributed by atoms with Gasteiger partial charge in [0.1, 0.15) is 5.82 Å². The summed E-state index contributed by atoms with van der Waals surface area (Å²) in [5.74, 6) is -0.947. The predicted octanol–water partition coefficient (Wildman–Crippen LogP) is 3.81. The standard InChI is InChI=1S/C16H12FN3O2S/c17-12-6-1-2-7-13(12)18-16-19-14(9-23-16)10-4-3-5-11(8-10)15(21)20-22/h1-9,22H,(H,18,19)(H,20,21). The topological polar surface area (TPSA) is 74.2 Å². The first-order valence-corrected chi connectivity index (χ1v) is 7.57. The van der Waals surface area contributed by atoms with Gasteiger partial charge in [0.05, 0.1) is 11.4 Å². The number of hydroxylamine groups is 1. The lowest BCUT2D eigenvalue weighted by molar-refractivity contribution is 0.0706. The van der Waals surface area contributed by atoms with E-state index in [9.17, 15) is 9.18 Å². The molecule has 1 amide bonds. The highest BCUT2D eigenvalue weighted by Gasteiger charge is 2.10. The van der Waals surface area contributed by atoms with Crippen molar-refractivity contribution in [3.8, 4) is 11.3 Å². The molecule has 0 fully saturated rings. The van der Waals surface area contributed by atoms with Gasteiger partial charge >= 0.3 is 0 Å². The summed E-state index contributed by atoms with van der Waals surface area (Å²) in [6.07, 6.45) is 0. The summed E-state index contributed by atoms with van der Waals surface area (Å²) >= 11 is 1.33. The molecule has 1 aromatic heterocycles. The molecular weight excluding hydrogens is 317 g/mol. The maximum Gasteiger partial charge on any atom is 0.274 e. The van der Waals surface area contributed by atoms with Crippen LogP contribution in [0.2, 0.25) is 0 Å². The summed E-state index contributed by atoms with van der Waals surface area (Å²) in [4.78, 5) is 15.8. The van der Waals surface area contributed by atoms with Gasteiger partial charge in [-0.25, -0.2) is 14.9 Å². The average Bonchev–Trinajstić information content (AvgIpc) is 3.05. The van der Waals surface area contributed by atoms with Gasteiger partial charge in [0.2, 0.25) is 0 Å². The smallest absolute Gasteiger partial charge is 0.274 e. The first-order chi connectivity index (χ1) is 11.2. The largest absolute Gasteiger partial charge is 0.329 e. The first kappa shape index (κ1) is 15.1. The average molecular weight is 329 g/mol. The molecule has 0 saturated carbocycles. The van der Waals surface area contributed by atoms with E-state index in [2.05, 4.69) is 10.3 Å². The Labute approximate surface area is 135 Å². The summed E-state index contributed by atoms with van der Waals surface area (Å²) in [5, 5.41) is 14.0. The van der Waals surface area contributed by atoms with Gasteiger partial charge in [-0.15, -0.1) is 11.3 Å². The SMILES string of the molecule is O=C(NO)c1cccc(-c2csc(Nc3ccccc3F)n2)c1. The monoisotopic (exact) mass is 329 g/mol. The van der Waals surface area contributed by atoms with Gasteiger partial charge in [0, 0.05) is 16.5 Å². The highest BCUT2D eigenvalue weighted by molar-refractivity contribution is 7.14. The van der Waals surface area contributed by atoms with E-state index in [-0.39, 0.29) is 5.82 Å². The number of hydrogen-bond donors (Lipinski definition) is 3. The molecule has 3 aromatic rings. The number of rotatable bonds is 4. The quantitative estimate of drug-likeness (QED) is 0.502. The van der Waals surface area contributed by atoms with Crippen LogP contribution >= 0.6 is 11.3 Å². The van der Waals surface area contributed by atoms with Gasteiger partial charge < -0.3 is 5.32 Å². The van der Waals surface area contributed by atoms with Crippen molar-refractivity contribution in [1.29, 1.82) is 0 Å². The minimum Gasteiger partial charge on any atom is -0.329 e. The molecule has 5 nitrogen and oxygen atoms in total. The van der Waals surface area contributed by atoms with Crippen LogP contribution in [0.25, 0.3) is 11.3 Å². The lowest BCUT2D eigenvalue weighted by Crippen LogP contribution is -2.18. The molecule has 3 rings (SSSR count). The number of nitrogens with zero attached hydrogens (tertiary/aromatic N) is 1. The second-order valence-electron chi connectivity index (χ2n) is 4.66. The third-order valence-electron chi connectivity index (χ3n) is 3.14. The second-order valence-corrected chi connectivity index (χ2v) is 5.52. The fourth-order valence-electron chi connectivity index (χ4n) is 2.03. The maximum atomic E-state index is 13.6. The lowest BCUT2D eigenvalue weighted by atomic mass is 10.1. The second kappa shape index (κ2) is 6.55. The molecule has 7 heteroatoms. The molecule has 0 aliphatic heterocycles. The molecule has 2 aromatic carbocycles. The van der Waals surface area contributed by atoms with Crippen molar-refractivity contribution >= 4 is 28.1 Å². The van der Waals surface area contributed by atoms with Crippen LogP contribution in [0.4, 0.5) is 15.2 Å². The van der Waals surface area contributed by atoms with E-state index in [4.69, 9.17) is 5.21 Å². The molecule has 116 valence electrons. The van der Waals surface area contributed by atoms with Crippen molar-refractivity contribution in [2.45, 2.75) is 0 Å².